The molecule has 0 heterocycles. The Morgan fingerprint density at radius 2 is 0.800 bits per heavy atom. The molecule has 0 bridgehead atoms. The summed E-state index contributed by atoms with van der Waals surface area (Å²) in [6.07, 6.45) is 0. The van der Waals surface area contributed by atoms with Gasteiger partial charge < -0.3 is 11.0 Å². The van der Waals surface area contributed by atoms with Crippen LogP contribution in [0.5, 0.6) is 0 Å². The fraction of sp³-hybridized carbons (Fsp3) is 0. The van der Waals surface area contributed by atoms with Gasteiger partial charge in [-0.25, -0.2) is 0 Å². The molecule has 0 rings (SSSR count). The quantitative estimate of drug-likeness (QED) is 0.536. The second-order valence-electron chi connectivity index (χ2n) is 0. The molecule has 0 fully saturated rings. The predicted molar refractivity (Wildman–Crippen MR) is 7.13 cm³/mol. The van der Waals surface area contributed by atoms with Crippen molar-refractivity contribution in [3.8, 4) is 0 Å². The van der Waals surface area contributed by atoms with E-state index in [-0.39, 0.29) is 71.4 Å². The Bertz CT molecular complexity index is 9.61. The van der Waals surface area contributed by atoms with Crippen molar-refractivity contribution in [2.75, 3.05) is 0 Å². The third-order valence-electron chi connectivity index (χ3n) is 0. The molecular weight excluding hydrogens is 307 g/mol. The van der Waals surface area contributed by atoms with Gasteiger partial charge in [-0.1, -0.05) is 0 Å². The SMILES string of the molecule is [Mn].[O-2].[O-2].[Ru].[Sn+4]. The van der Waals surface area contributed by atoms with Gasteiger partial charge >= 0.3 is 23.9 Å². The topological polar surface area (TPSA) is 57.0 Å². The number of hydrogen-bond acceptors (Lipinski definition) is 0. The van der Waals surface area contributed by atoms with E-state index in [4.69, 9.17) is 0 Å². The maximum Gasteiger partial charge on any atom is 4.00 e. The maximum atomic E-state index is 0. The predicted octanol–water partition coefficient (Wildman–Crippen LogP) is -0.623. The van der Waals surface area contributed by atoms with Gasteiger partial charge in [0.05, 0.1) is 0 Å². The Labute approximate surface area is 70.9 Å². The van der Waals surface area contributed by atoms with Gasteiger partial charge in [0.15, 0.2) is 0 Å². The van der Waals surface area contributed by atoms with Gasteiger partial charge in [0, 0.05) is 36.5 Å². The summed E-state index contributed by atoms with van der Waals surface area (Å²) < 4.78 is 0. The Morgan fingerprint density at radius 3 is 0.800 bits per heavy atom. The van der Waals surface area contributed by atoms with Crippen molar-refractivity contribution < 1.29 is 47.5 Å². The van der Waals surface area contributed by atoms with Gasteiger partial charge in [0.25, 0.3) is 0 Å². The van der Waals surface area contributed by atoms with E-state index in [1.807, 2.05) is 0 Å². The molecule has 0 unspecified atom stereocenters. The van der Waals surface area contributed by atoms with Crippen LogP contribution in [0.3, 0.4) is 0 Å². The van der Waals surface area contributed by atoms with E-state index < -0.39 is 0 Å². The third-order valence-corrected chi connectivity index (χ3v) is 0. The average molecular weight is 307 g/mol. The Hall–Kier alpha value is 1.86. The summed E-state index contributed by atoms with van der Waals surface area (Å²) in [4.78, 5) is 0. The molecule has 31 valence electrons. The zero-order valence-corrected chi connectivity index (χ0v) is 7.82. The van der Waals surface area contributed by atoms with Crippen LogP contribution in [-0.2, 0) is 47.5 Å². The van der Waals surface area contributed by atoms with Crippen LogP contribution in [0, 0.1) is 0 Å². The van der Waals surface area contributed by atoms with Crippen molar-refractivity contribution in [2.24, 2.45) is 0 Å². The van der Waals surface area contributed by atoms with Crippen LogP contribution in [0.25, 0.3) is 0 Å². The Kier molecular flexibility index (Phi) is 544. The second-order valence-corrected chi connectivity index (χ2v) is 0. The molecule has 0 aromatic rings. The zero-order valence-electron chi connectivity index (χ0n) is 2.05. The molecule has 0 N–H and O–H groups in total. The molecule has 0 aromatic heterocycles. The minimum atomic E-state index is 0. The van der Waals surface area contributed by atoms with Crippen molar-refractivity contribution in [1.82, 2.24) is 0 Å². The summed E-state index contributed by atoms with van der Waals surface area (Å²) in [6, 6.07) is 0. The summed E-state index contributed by atoms with van der Waals surface area (Å²) in [6.45, 7) is 0. The molecule has 0 saturated heterocycles. The maximum absolute atomic E-state index is 0. The normalized spacial score (nSPS) is 0. The van der Waals surface area contributed by atoms with Crippen LogP contribution in [0.2, 0.25) is 0 Å². The van der Waals surface area contributed by atoms with Gasteiger partial charge in [-0.15, -0.1) is 0 Å². The first-order valence-corrected chi connectivity index (χ1v) is 0. The first-order chi connectivity index (χ1) is 0. The summed E-state index contributed by atoms with van der Waals surface area (Å²) in [5.41, 5.74) is 0. The van der Waals surface area contributed by atoms with Gasteiger partial charge in [0.2, 0.25) is 0 Å². The minimum absolute atomic E-state index is 0. The van der Waals surface area contributed by atoms with Crippen LogP contribution < -0.4 is 0 Å². The van der Waals surface area contributed by atoms with Gasteiger partial charge in [-0.05, 0) is 0 Å². The van der Waals surface area contributed by atoms with Gasteiger partial charge in [-0.3, -0.25) is 0 Å². The fourth-order valence-corrected chi connectivity index (χ4v) is 0. The van der Waals surface area contributed by atoms with Crippen LogP contribution in [-0.4, -0.2) is 23.9 Å². The van der Waals surface area contributed by atoms with Gasteiger partial charge in [-0.2, -0.15) is 0 Å². The van der Waals surface area contributed by atoms with Gasteiger partial charge in [0.1, 0.15) is 0 Å². The summed E-state index contributed by atoms with van der Waals surface area (Å²) >= 11 is 0. The first kappa shape index (κ1) is 68.0. The molecule has 0 saturated carbocycles. The van der Waals surface area contributed by atoms with Crippen molar-refractivity contribution in [3.05, 3.63) is 0 Å². The molecule has 5 heavy (non-hydrogen) atoms. The molecule has 0 atom stereocenters. The number of hydrogen-bond donors (Lipinski definition) is 0. The van der Waals surface area contributed by atoms with Crippen molar-refractivity contribution in [1.29, 1.82) is 0 Å². The minimum Gasteiger partial charge on any atom is -2.00 e. The van der Waals surface area contributed by atoms with Crippen LogP contribution in [0.1, 0.15) is 0 Å². The fourth-order valence-electron chi connectivity index (χ4n) is 0. The van der Waals surface area contributed by atoms with Crippen molar-refractivity contribution in [3.63, 3.8) is 0 Å². The third kappa shape index (κ3) is 25.2. The monoisotopic (exact) mass is 309 g/mol. The van der Waals surface area contributed by atoms with E-state index in [1.165, 1.54) is 0 Å². The molecule has 0 spiro atoms. The van der Waals surface area contributed by atoms with Crippen LogP contribution >= 0.6 is 0 Å². The summed E-state index contributed by atoms with van der Waals surface area (Å²) in [5, 5.41) is 0. The summed E-state index contributed by atoms with van der Waals surface area (Å²) in [5.74, 6) is 0. The zero-order chi connectivity index (χ0) is 0. The second kappa shape index (κ2) is 40.0. The molecule has 0 amide bonds. The molecule has 0 aliphatic heterocycles. The summed E-state index contributed by atoms with van der Waals surface area (Å²) in [7, 11) is 0. The Balaban J connectivity index is 0. The van der Waals surface area contributed by atoms with E-state index >= 15 is 0 Å². The van der Waals surface area contributed by atoms with Crippen molar-refractivity contribution >= 4 is 23.9 Å². The largest absolute Gasteiger partial charge is 4.00 e. The van der Waals surface area contributed by atoms with E-state index in [1.54, 1.807) is 0 Å². The molecular formula is MnO2RuSn. The average Bonchev–Trinajstić information content (AvgIpc) is 0. The standard InChI is InChI=1S/Mn.2O.Ru.Sn/q;2*-2;;+4. The molecule has 5 heteroatoms. The number of rotatable bonds is 0. The first-order valence-electron chi connectivity index (χ1n) is 0. The molecule has 2 nitrogen and oxygen atoms in total. The van der Waals surface area contributed by atoms with Crippen molar-refractivity contribution in [2.45, 2.75) is 0 Å². The van der Waals surface area contributed by atoms with E-state index in [0.717, 1.165) is 0 Å². The molecule has 0 aliphatic rings. The van der Waals surface area contributed by atoms with Crippen LogP contribution in [0.15, 0.2) is 0 Å². The molecule has 0 aromatic carbocycles. The molecule has 1 radical (unpaired) electrons. The molecule has 0 aliphatic carbocycles. The smallest absolute Gasteiger partial charge is 2.00 e. The van der Waals surface area contributed by atoms with E-state index in [9.17, 15) is 0 Å². The van der Waals surface area contributed by atoms with E-state index in [2.05, 4.69) is 0 Å². The van der Waals surface area contributed by atoms with E-state index in [0.29, 0.717) is 0 Å². The Morgan fingerprint density at radius 1 is 0.800 bits per heavy atom. The van der Waals surface area contributed by atoms with Crippen LogP contribution in [0.4, 0.5) is 0 Å².